The fourth-order valence-corrected chi connectivity index (χ4v) is 4.64. The number of aromatic nitrogens is 1. The molecule has 182 valence electrons. The van der Waals surface area contributed by atoms with Crippen molar-refractivity contribution >= 4 is 39.1 Å². The number of sulfone groups is 1. The van der Waals surface area contributed by atoms with Gasteiger partial charge in [0.05, 0.1) is 16.3 Å². The van der Waals surface area contributed by atoms with Crippen molar-refractivity contribution in [2.45, 2.75) is 29.9 Å². The lowest BCUT2D eigenvalue weighted by molar-refractivity contribution is -0.119. The zero-order valence-corrected chi connectivity index (χ0v) is 19.6. The molecule has 1 aliphatic heterocycles. The van der Waals surface area contributed by atoms with Crippen molar-refractivity contribution in [1.29, 1.82) is 0 Å². The quantitative estimate of drug-likeness (QED) is 0.437. The minimum absolute atomic E-state index is 0.0399. The summed E-state index contributed by atoms with van der Waals surface area (Å²) in [7, 11) is -5.55. The average molecular weight is 524 g/mol. The van der Waals surface area contributed by atoms with Gasteiger partial charge in [0.1, 0.15) is 6.04 Å². The third kappa shape index (κ3) is 4.48. The topological polar surface area (TPSA) is 87.7 Å². The van der Waals surface area contributed by atoms with Gasteiger partial charge in [0.2, 0.25) is 0 Å². The molecule has 0 radical (unpaired) electrons. The van der Waals surface area contributed by atoms with Crippen LogP contribution in [0.3, 0.4) is 0 Å². The molecular formula is C23H17ClF3N3O4S. The molecular weight excluding hydrogens is 507 g/mol. The van der Waals surface area contributed by atoms with Crippen LogP contribution in [0.5, 0.6) is 0 Å². The SMILES string of the molecule is CC1C(=O)N(c2ccc(S(=O)(=O)C(F)(F)F)cc2)C(=O)N1Cc1ccnc(-c2ccccc2Cl)c1. The molecule has 0 spiro atoms. The summed E-state index contributed by atoms with van der Waals surface area (Å²) in [5.41, 5.74) is -3.55. The first-order chi connectivity index (χ1) is 16.4. The van der Waals surface area contributed by atoms with Crippen LogP contribution in [0.4, 0.5) is 23.7 Å². The highest BCUT2D eigenvalue weighted by Gasteiger charge is 2.47. The van der Waals surface area contributed by atoms with Gasteiger partial charge in [-0.3, -0.25) is 9.78 Å². The van der Waals surface area contributed by atoms with Crippen LogP contribution < -0.4 is 4.90 Å². The van der Waals surface area contributed by atoms with Gasteiger partial charge < -0.3 is 4.90 Å². The number of carbonyl (C=O) groups excluding carboxylic acids is 2. The Morgan fingerprint density at radius 2 is 1.69 bits per heavy atom. The number of pyridine rings is 1. The smallest absolute Gasteiger partial charge is 0.308 e. The van der Waals surface area contributed by atoms with Gasteiger partial charge in [-0.15, -0.1) is 0 Å². The summed E-state index contributed by atoms with van der Waals surface area (Å²) in [5.74, 6) is -0.596. The lowest BCUT2D eigenvalue weighted by Crippen LogP contribution is -2.33. The fraction of sp³-hybridized carbons (Fsp3) is 0.174. The summed E-state index contributed by atoms with van der Waals surface area (Å²) in [6, 6.07) is 12.4. The van der Waals surface area contributed by atoms with E-state index in [0.717, 1.165) is 17.0 Å². The number of nitrogens with zero attached hydrogens (tertiary/aromatic N) is 3. The minimum atomic E-state index is -5.55. The van der Waals surface area contributed by atoms with Crippen LogP contribution in [0.25, 0.3) is 11.3 Å². The van der Waals surface area contributed by atoms with Crippen molar-refractivity contribution in [2.75, 3.05) is 4.90 Å². The molecule has 1 saturated heterocycles. The van der Waals surface area contributed by atoms with Crippen LogP contribution in [0.1, 0.15) is 12.5 Å². The predicted octanol–water partition coefficient (Wildman–Crippen LogP) is 5.05. The van der Waals surface area contributed by atoms with Crippen LogP contribution in [-0.2, 0) is 21.2 Å². The maximum Gasteiger partial charge on any atom is 0.501 e. The van der Waals surface area contributed by atoms with Gasteiger partial charge in [0.25, 0.3) is 15.7 Å². The Morgan fingerprint density at radius 3 is 2.31 bits per heavy atom. The Bertz CT molecular complexity index is 1410. The van der Waals surface area contributed by atoms with E-state index in [1.807, 2.05) is 6.07 Å². The van der Waals surface area contributed by atoms with E-state index < -0.39 is 38.2 Å². The number of alkyl halides is 3. The highest BCUT2D eigenvalue weighted by Crippen LogP contribution is 2.33. The van der Waals surface area contributed by atoms with Crippen molar-refractivity contribution < 1.29 is 31.2 Å². The normalized spacial score (nSPS) is 16.8. The summed E-state index contributed by atoms with van der Waals surface area (Å²) in [6.07, 6.45) is 1.55. The van der Waals surface area contributed by atoms with E-state index >= 15 is 0 Å². The standard InChI is InChI=1S/C23H17ClF3N3O4S/c1-14-21(31)30(16-6-8-17(9-7-16)35(33,34)23(25,26)27)22(32)29(14)13-15-10-11-28-20(12-15)18-4-2-3-5-19(18)24/h2-12,14H,13H2,1H3. The third-order valence-corrected chi connectivity index (χ3v) is 7.35. The van der Waals surface area contributed by atoms with Gasteiger partial charge in [0.15, 0.2) is 0 Å². The first kappa shape index (κ1) is 24.7. The van der Waals surface area contributed by atoms with Gasteiger partial charge >= 0.3 is 11.5 Å². The zero-order chi connectivity index (χ0) is 25.5. The monoisotopic (exact) mass is 523 g/mol. The molecule has 3 amide bonds. The first-order valence-electron chi connectivity index (χ1n) is 10.2. The molecule has 3 aromatic rings. The summed E-state index contributed by atoms with van der Waals surface area (Å²) >= 11 is 6.24. The van der Waals surface area contributed by atoms with E-state index in [9.17, 15) is 31.2 Å². The van der Waals surface area contributed by atoms with Gasteiger partial charge in [0, 0.05) is 23.3 Å². The van der Waals surface area contributed by atoms with E-state index in [1.54, 1.807) is 36.5 Å². The summed E-state index contributed by atoms with van der Waals surface area (Å²) in [5, 5.41) is 0.500. The van der Waals surface area contributed by atoms with Crippen molar-refractivity contribution in [1.82, 2.24) is 9.88 Å². The highest BCUT2D eigenvalue weighted by molar-refractivity contribution is 7.92. The van der Waals surface area contributed by atoms with Crippen molar-refractivity contribution in [3.8, 4) is 11.3 Å². The second-order valence-corrected chi connectivity index (χ2v) is 10.1. The Labute approximate surface area is 203 Å². The van der Waals surface area contributed by atoms with Gasteiger partial charge in [-0.2, -0.15) is 13.2 Å². The van der Waals surface area contributed by atoms with E-state index in [-0.39, 0.29) is 12.2 Å². The number of anilines is 1. The van der Waals surface area contributed by atoms with Crippen LogP contribution in [0, 0.1) is 0 Å². The van der Waals surface area contributed by atoms with Crippen LogP contribution >= 0.6 is 11.6 Å². The minimum Gasteiger partial charge on any atom is -0.308 e. The maximum atomic E-state index is 13.1. The number of amides is 3. The molecule has 0 bridgehead atoms. The first-order valence-corrected chi connectivity index (χ1v) is 12.0. The molecule has 1 aliphatic rings. The second kappa shape index (κ2) is 8.97. The Kier molecular flexibility index (Phi) is 6.32. The fourth-order valence-electron chi connectivity index (χ4n) is 3.64. The number of hydrogen-bond acceptors (Lipinski definition) is 5. The third-order valence-electron chi connectivity index (χ3n) is 5.52. The molecule has 0 N–H and O–H groups in total. The van der Waals surface area contributed by atoms with Crippen molar-refractivity contribution in [3.05, 3.63) is 77.4 Å². The molecule has 12 heteroatoms. The zero-order valence-electron chi connectivity index (χ0n) is 18.0. The van der Waals surface area contributed by atoms with Crippen LogP contribution in [0.2, 0.25) is 5.02 Å². The highest BCUT2D eigenvalue weighted by atomic mass is 35.5. The number of rotatable bonds is 5. The molecule has 1 atom stereocenters. The number of benzene rings is 2. The van der Waals surface area contributed by atoms with E-state index in [2.05, 4.69) is 4.98 Å². The molecule has 1 unspecified atom stereocenters. The van der Waals surface area contributed by atoms with E-state index in [4.69, 9.17) is 11.6 Å². The lowest BCUT2D eigenvalue weighted by Gasteiger charge is -2.20. The molecule has 4 rings (SSSR count). The predicted molar refractivity (Wildman–Crippen MR) is 122 cm³/mol. The Hall–Kier alpha value is -3.44. The molecule has 2 heterocycles. The number of halogens is 4. The summed E-state index contributed by atoms with van der Waals surface area (Å²) in [4.78, 5) is 31.3. The summed E-state index contributed by atoms with van der Waals surface area (Å²) in [6.45, 7) is 1.58. The number of urea groups is 1. The van der Waals surface area contributed by atoms with E-state index in [1.165, 1.54) is 11.8 Å². The lowest BCUT2D eigenvalue weighted by atomic mass is 10.1. The Balaban J connectivity index is 1.59. The largest absolute Gasteiger partial charge is 0.501 e. The summed E-state index contributed by atoms with van der Waals surface area (Å²) < 4.78 is 61.5. The number of hydrogen-bond donors (Lipinski definition) is 0. The van der Waals surface area contributed by atoms with Crippen LogP contribution in [-0.4, -0.2) is 41.8 Å². The van der Waals surface area contributed by atoms with Gasteiger partial charge in [-0.05, 0) is 55.0 Å². The molecule has 0 saturated carbocycles. The molecule has 1 aromatic heterocycles. The van der Waals surface area contributed by atoms with Gasteiger partial charge in [-0.25, -0.2) is 18.1 Å². The van der Waals surface area contributed by atoms with Crippen molar-refractivity contribution in [2.24, 2.45) is 0 Å². The number of imide groups is 1. The second-order valence-electron chi connectivity index (χ2n) is 7.73. The molecule has 0 aliphatic carbocycles. The average Bonchev–Trinajstić information content (AvgIpc) is 3.02. The Morgan fingerprint density at radius 1 is 1.03 bits per heavy atom. The molecule has 2 aromatic carbocycles. The maximum absolute atomic E-state index is 13.1. The van der Waals surface area contributed by atoms with E-state index in [0.29, 0.717) is 34.0 Å². The van der Waals surface area contributed by atoms with Crippen LogP contribution in [0.15, 0.2) is 71.8 Å². The van der Waals surface area contributed by atoms with Gasteiger partial charge in [-0.1, -0.05) is 29.8 Å². The van der Waals surface area contributed by atoms with Crippen molar-refractivity contribution in [3.63, 3.8) is 0 Å². The number of carbonyl (C=O) groups is 2. The molecule has 1 fully saturated rings. The molecule has 7 nitrogen and oxygen atoms in total. The molecule has 35 heavy (non-hydrogen) atoms.